The molecule has 27 heavy (non-hydrogen) atoms. The van der Waals surface area contributed by atoms with Gasteiger partial charge in [-0.3, -0.25) is 5.32 Å². The maximum atomic E-state index is 12.3. The van der Waals surface area contributed by atoms with E-state index < -0.39 is 24.3 Å². The Kier molecular flexibility index (Phi) is 4.99. The Labute approximate surface area is 158 Å². The predicted octanol–water partition coefficient (Wildman–Crippen LogP) is 2.52. The van der Waals surface area contributed by atoms with Crippen molar-refractivity contribution >= 4 is 39.0 Å². The second-order valence-corrected chi connectivity index (χ2v) is 7.21. The van der Waals surface area contributed by atoms with Gasteiger partial charge in [-0.2, -0.15) is 0 Å². The number of aliphatic hydroxyl groups is 2. The van der Waals surface area contributed by atoms with Gasteiger partial charge in [-0.05, 0) is 11.5 Å². The van der Waals surface area contributed by atoms with Gasteiger partial charge in [0.05, 0.1) is 18.4 Å². The molecular weight excluding hydrogens is 368 g/mol. The van der Waals surface area contributed by atoms with Crippen LogP contribution in [0.15, 0.2) is 42.5 Å². The van der Waals surface area contributed by atoms with E-state index in [4.69, 9.17) is 9.84 Å². The molecule has 4 N–H and O–H groups in total. The minimum atomic E-state index is -0.741. The first kappa shape index (κ1) is 17.8. The number of hydrogen-bond acceptors (Lipinski definition) is 7. The summed E-state index contributed by atoms with van der Waals surface area (Å²) in [5.74, 6) is 0. The lowest BCUT2D eigenvalue weighted by Gasteiger charge is -2.09. The van der Waals surface area contributed by atoms with Crippen LogP contribution in [0.2, 0.25) is 0 Å². The summed E-state index contributed by atoms with van der Waals surface area (Å²) in [6, 6.07) is 13.0. The molecule has 3 aromatic rings. The molecule has 1 saturated heterocycles. The van der Waals surface area contributed by atoms with Crippen molar-refractivity contribution in [1.29, 1.82) is 0 Å². The third-order valence-corrected chi connectivity index (χ3v) is 5.31. The fourth-order valence-electron chi connectivity index (χ4n) is 3.05. The number of anilines is 2. The van der Waals surface area contributed by atoms with E-state index >= 15 is 0 Å². The quantitative estimate of drug-likeness (QED) is 0.547. The number of urea groups is 1. The van der Waals surface area contributed by atoms with E-state index in [9.17, 15) is 9.90 Å². The summed E-state index contributed by atoms with van der Waals surface area (Å²) in [6.45, 7) is -0.255. The Morgan fingerprint density at radius 1 is 1.19 bits per heavy atom. The predicted molar refractivity (Wildman–Crippen MR) is 102 cm³/mol. The molecule has 140 valence electrons. The molecule has 0 spiro atoms. The lowest BCUT2D eigenvalue weighted by Crippen LogP contribution is -2.24. The number of aromatic nitrogens is 2. The normalized spacial score (nSPS) is 22.1. The third kappa shape index (κ3) is 3.76. The molecule has 3 atom stereocenters. The molecule has 0 bridgehead atoms. The molecular formula is C18H18N4O4S. The molecule has 2 heterocycles. The van der Waals surface area contributed by atoms with Crippen LogP contribution in [0, 0.1) is 0 Å². The van der Waals surface area contributed by atoms with E-state index in [2.05, 4.69) is 20.8 Å². The number of nitrogens with one attached hydrogen (secondary N) is 2. The van der Waals surface area contributed by atoms with Crippen LogP contribution in [-0.4, -0.2) is 45.3 Å². The van der Waals surface area contributed by atoms with Gasteiger partial charge < -0.3 is 20.3 Å². The minimum Gasteiger partial charge on any atom is -0.394 e. The molecule has 0 unspecified atom stereocenters. The molecule has 1 aromatic heterocycles. The van der Waals surface area contributed by atoms with Crippen LogP contribution >= 0.6 is 11.3 Å². The zero-order valence-electron chi connectivity index (χ0n) is 14.2. The van der Waals surface area contributed by atoms with Crippen LogP contribution in [0.25, 0.3) is 10.8 Å². The average Bonchev–Trinajstić information content (AvgIpc) is 3.28. The molecule has 8 nitrogen and oxygen atoms in total. The molecule has 9 heteroatoms. The highest BCUT2D eigenvalue weighted by molar-refractivity contribution is 7.15. The Hall–Kier alpha value is -2.59. The number of benzene rings is 2. The Morgan fingerprint density at radius 2 is 2.00 bits per heavy atom. The maximum Gasteiger partial charge on any atom is 0.325 e. The van der Waals surface area contributed by atoms with Crippen molar-refractivity contribution < 1.29 is 19.7 Å². The molecule has 1 aliphatic heterocycles. The van der Waals surface area contributed by atoms with E-state index in [-0.39, 0.29) is 6.61 Å². The fourth-order valence-corrected chi connectivity index (χ4v) is 3.84. The van der Waals surface area contributed by atoms with Crippen molar-refractivity contribution in [2.24, 2.45) is 0 Å². The second kappa shape index (κ2) is 7.57. The van der Waals surface area contributed by atoms with E-state index in [1.54, 1.807) is 0 Å². The minimum absolute atomic E-state index is 0.255. The van der Waals surface area contributed by atoms with Crippen molar-refractivity contribution in [2.45, 2.75) is 24.7 Å². The van der Waals surface area contributed by atoms with Crippen LogP contribution in [0.3, 0.4) is 0 Å². The number of aliphatic hydroxyl groups excluding tert-OH is 2. The fraction of sp³-hybridized carbons (Fsp3) is 0.278. The summed E-state index contributed by atoms with van der Waals surface area (Å²) in [4.78, 5) is 12.3. The van der Waals surface area contributed by atoms with Gasteiger partial charge >= 0.3 is 6.03 Å². The lowest BCUT2D eigenvalue weighted by atomic mass is 10.1. The number of nitrogens with zero attached hydrogens (tertiary/aromatic N) is 2. The number of hydrogen-bond donors (Lipinski definition) is 4. The monoisotopic (exact) mass is 386 g/mol. The smallest absolute Gasteiger partial charge is 0.325 e. The van der Waals surface area contributed by atoms with Crippen LogP contribution in [-0.2, 0) is 4.74 Å². The molecule has 1 aliphatic rings. The summed E-state index contributed by atoms with van der Waals surface area (Å²) in [6.07, 6.45) is -1.46. The highest BCUT2D eigenvalue weighted by Crippen LogP contribution is 2.35. The van der Waals surface area contributed by atoms with Gasteiger partial charge in [0.1, 0.15) is 17.2 Å². The zero-order valence-corrected chi connectivity index (χ0v) is 15.0. The summed E-state index contributed by atoms with van der Waals surface area (Å²) in [7, 11) is 0. The average molecular weight is 386 g/mol. The summed E-state index contributed by atoms with van der Waals surface area (Å²) < 4.78 is 5.55. The van der Waals surface area contributed by atoms with Crippen molar-refractivity contribution in [3.63, 3.8) is 0 Å². The van der Waals surface area contributed by atoms with Gasteiger partial charge in [0.25, 0.3) is 0 Å². The molecule has 2 aromatic carbocycles. The molecule has 0 radical (unpaired) electrons. The van der Waals surface area contributed by atoms with Crippen LogP contribution in [0.5, 0.6) is 0 Å². The zero-order chi connectivity index (χ0) is 18.8. The SMILES string of the molecule is O=C(Nc1nnc([C@@H]2C[C@H](O)[C@@H](CO)O2)s1)Nc1cccc2ccccc12. The van der Waals surface area contributed by atoms with Gasteiger partial charge in [-0.25, -0.2) is 4.79 Å². The number of ether oxygens (including phenoxy) is 1. The second-order valence-electron chi connectivity index (χ2n) is 6.20. The van der Waals surface area contributed by atoms with Gasteiger partial charge in [-0.15, -0.1) is 10.2 Å². The van der Waals surface area contributed by atoms with Crippen LogP contribution < -0.4 is 10.6 Å². The maximum absolute atomic E-state index is 12.3. The number of carbonyl (C=O) groups is 1. The lowest BCUT2D eigenvalue weighted by molar-refractivity contribution is -0.0227. The number of fused-ring (bicyclic) bond motifs is 1. The van der Waals surface area contributed by atoms with Gasteiger partial charge in [-0.1, -0.05) is 47.7 Å². The van der Waals surface area contributed by atoms with E-state index in [0.717, 1.165) is 10.8 Å². The van der Waals surface area contributed by atoms with Crippen molar-refractivity contribution in [3.05, 3.63) is 47.5 Å². The van der Waals surface area contributed by atoms with Gasteiger partial charge in [0.2, 0.25) is 5.13 Å². The number of rotatable bonds is 4. The summed E-state index contributed by atoms with van der Waals surface area (Å²) >= 11 is 1.18. The highest BCUT2D eigenvalue weighted by Gasteiger charge is 2.36. The Balaban J connectivity index is 1.42. The molecule has 2 amide bonds. The number of carbonyl (C=O) groups excluding carboxylic acids is 1. The van der Waals surface area contributed by atoms with Crippen molar-refractivity contribution in [1.82, 2.24) is 10.2 Å². The Bertz CT molecular complexity index is 958. The first-order valence-corrected chi connectivity index (χ1v) is 9.29. The first-order chi connectivity index (χ1) is 13.1. The van der Waals surface area contributed by atoms with E-state index in [1.807, 2.05) is 42.5 Å². The molecule has 1 fully saturated rings. The largest absolute Gasteiger partial charge is 0.394 e. The van der Waals surface area contributed by atoms with E-state index in [1.165, 1.54) is 11.3 Å². The first-order valence-electron chi connectivity index (χ1n) is 8.47. The highest BCUT2D eigenvalue weighted by atomic mass is 32.1. The van der Waals surface area contributed by atoms with Crippen molar-refractivity contribution in [3.8, 4) is 0 Å². The Morgan fingerprint density at radius 3 is 2.81 bits per heavy atom. The van der Waals surface area contributed by atoms with Crippen molar-refractivity contribution in [2.75, 3.05) is 17.2 Å². The van der Waals surface area contributed by atoms with E-state index in [0.29, 0.717) is 22.2 Å². The van der Waals surface area contributed by atoms with Crippen LogP contribution in [0.1, 0.15) is 17.5 Å². The standard InChI is InChI=1S/C18H18N4O4S/c23-9-15-13(24)8-14(26-15)16-21-22-18(27-16)20-17(25)19-12-7-3-5-10-4-1-2-6-11(10)12/h1-7,13-15,23-24H,8-9H2,(H2,19,20,22,25)/t13-,14-,15+/m0/s1. The summed E-state index contributed by atoms with van der Waals surface area (Å²) in [5, 5.41) is 35.3. The van der Waals surface area contributed by atoms with Crippen LogP contribution in [0.4, 0.5) is 15.6 Å². The molecule has 0 aliphatic carbocycles. The third-order valence-electron chi connectivity index (χ3n) is 4.38. The topological polar surface area (TPSA) is 117 Å². The van der Waals surface area contributed by atoms with Gasteiger partial charge in [0, 0.05) is 11.8 Å². The summed E-state index contributed by atoms with van der Waals surface area (Å²) in [5.41, 5.74) is 0.698. The molecule has 0 saturated carbocycles. The number of amides is 2. The molecule has 4 rings (SSSR count). The van der Waals surface area contributed by atoms with Gasteiger partial charge in [0.15, 0.2) is 0 Å².